The molecule has 162 valence electrons. The number of benzene rings is 2. The molecular weight excluding hydrogens is 400 g/mol. The predicted octanol–water partition coefficient (Wildman–Crippen LogP) is 3.57. The maximum absolute atomic E-state index is 13.4. The average molecular weight is 427 g/mol. The molecule has 0 spiro atoms. The van der Waals surface area contributed by atoms with Crippen molar-refractivity contribution in [3.8, 4) is 0 Å². The molecule has 3 heterocycles. The molecule has 2 aliphatic rings. The number of carbonyl (C=O) groups is 1. The SMILES string of the molecule is Cc1ccc(CN2C(=O)CC3(c4ccc(CN(C)C)cc4)C2=NC=Nc2nc[nH]c23)cc1. The lowest BCUT2D eigenvalue weighted by Gasteiger charge is -2.29. The van der Waals surface area contributed by atoms with Crippen LogP contribution in [0.5, 0.6) is 0 Å². The molecule has 1 aromatic heterocycles. The molecule has 1 amide bonds. The molecule has 0 saturated carbocycles. The molecule has 5 rings (SSSR count). The number of amides is 1. The number of aryl methyl sites for hydroxylation is 1. The number of H-pyrrole nitrogens is 1. The summed E-state index contributed by atoms with van der Waals surface area (Å²) in [5.74, 6) is 1.30. The van der Waals surface area contributed by atoms with Crippen molar-refractivity contribution < 1.29 is 4.79 Å². The van der Waals surface area contributed by atoms with Gasteiger partial charge in [0.2, 0.25) is 5.91 Å². The lowest BCUT2D eigenvalue weighted by molar-refractivity contribution is -0.126. The monoisotopic (exact) mass is 426 g/mol. The Morgan fingerprint density at radius 1 is 1.06 bits per heavy atom. The van der Waals surface area contributed by atoms with Crippen LogP contribution in [0.2, 0.25) is 0 Å². The largest absolute Gasteiger partial charge is 0.345 e. The van der Waals surface area contributed by atoms with E-state index in [1.807, 2.05) is 0 Å². The molecule has 1 fully saturated rings. The first-order valence-electron chi connectivity index (χ1n) is 10.7. The second kappa shape index (κ2) is 7.84. The highest BCUT2D eigenvalue weighted by Crippen LogP contribution is 2.46. The van der Waals surface area contributed by atoms with E-state index < -0.39 is 5.41 Å². The van der Waals surface area contributed by atoms with E-state index in [1.165, 1.54) is 17.5 Å². The van der Waals surface area contributed by atoms with Crippen molar-refractivity contribution in [3.05, 3.63) is 82.8 Å². The Kier molecular flexibility index (Phi) is 4.98. The van der Waals surface area contributed by atoms with Gasteiger partial charge in [0.05, 0.1) is 18.6 Å². The van der Waals surface area contributed by atoms with Crippen molar-refractivity contribution in [3.63, 3.8) is 0 Å². The van der Waals surface area contributed by atoms with Gasteiger partial charge >= 0.3 is 0 Å². The van der Waals surface area contributed by atoms with E-state index in [9.17, 15) is 4.79 Å². The number of nitrogens with one attached hydrogen (secondary N) is 1. The number of imidazole rings is 1. The number of aromatic amines is 1. The van der Waals surface area contributed by atoms with Gasteiger partial charge in [-0.25, -0.2) is 15.0 Å². The zero-order valence-corrected chi connectivity index (χ0v) is 18.5. The van der Waals surface area contributed by atoms with Crippen LogP contribution >= 0.6 is 0 Å². The van der Waals surface area contributed by atoms with Gasteiger partial charge in [0.25, 0.3) is 0 Å². The van der Waals surface area contributed by atoms with Crippen molar-refractivity contribution in [2.75, 3.05) is 14.1 Å². The van der Waals surface area contributed by atoms with Gasteiger partial charge in [0.15, 0.2) is 5.82 Å². The first kappa shape index (κ1) is 20.3. The van der Waals surface area contributed by atoms with Crippen LogP contribution in [0.4, 0.5) is 5.82 Å². The summed E-state index contributed by atoms with van der Waals surface area (Å²) in [6, 6.07) is 16.7. The molecule has 3 aromatic rings. The number of fused-ring (bicyclic) bond motifs is 3. The number of likely N-dealkylation sites (tertiary alicyclic amines) is 1. The third-order valence-corrected chi connectivity index (χ3v) is 6.17. The van der Waals surface area contributed by atoms with E-state index in [0.29, 0.717) is 18.2 Å². The number of carbonyl (C=O) groups excluding carboxylic acids is 1. The predicted molar refractivity (Wildman–Crippen MR) is 125 cm³/mol. The van der Waals surface area contributed by atoms with Crippen molar-refractivity contribution in [1.29, 1.82) is 0 Å². The van der Waals surface area contributed by atoms with E-state index in [-0.39, 0.29) is 12.3 Å². The van der Waals surface area contributed by atoms with Gasteiger partial charge < -0.3 is 9.88 Å². The van der Waals surface area contributed by atoms with Gasteiger partial charge in [-0.3, -0.25) is 9.69 Å². The second-order valence-corrected chi connectivity index (χ2v) is 8.78. The highest BCUT2D eigenvalue weighted by molar-refractivity contribution is 6.16. The Balaban J connectivity index is 1.61. The summed E-state index contributed by atoms with van der Waals surface area (Å²) in [5.41, 5.74) is 4.54. The Bertz CT molecular complexity index is 1210. The van der Waals surface area contributed by atoms with E-state index in [4.69, 9.17) is 4.99 Å². The zero-order valence-electron chi connectivity index (χ0n) is 18.5. The summed E-state index contributed by atoms with van der Waals surface area (Å²) in [6.07, 6.45) is 3.43. The smallest absolute Gasteiger partial charge is 0.230 e. The number of aliphatic imine (C=N–C) groups is 2. The zero-order chi connectivity index (χ0) is 22.3. The average Bonchev–Trinajstić information content (AvgIpc) is 3.30. The van der Waals surface area contributed by atoms with Crippen LogP contribution in [0.3, 0.4) is 0 Å². The summed E-state index contributed by atoms with van der Waals surface area (Å²) in [6.45, 7) is 3.38. The number of aromatic nitrogens is 2. The minimum atomic E-state index is -0.749. The molecule has 1 atom stereocenters. The lowest BCUT2D eigenvalue weighted by Crippen LogP contribution is -2.39. The van der Waals surface area contributed by atoms with Crippen LogP contribution in [-0.2, 0) is 23.3 Å². The fourth-order valence-electron chi connectivity index (χ4n) is 4.64. The first-order chi connectivity index (χ1) is 15.5. The lowest BCUT2D eigenvalue weighted by atomic mass is 9.75. The molecule has 7 nitrogen and oxygen atoms in total. The van der Waals surface area contributed by atoms with Gasteiger partial charge in [0.1, 0.15) is 17.6 Å². The molecule has 1 unspecified atom stereocenters. The minimum absolute atomic E-state index is 0.0394. The molecular formula is C25H26N6O. The fourth-order valence-corrected chi connectivity index (χ4v) is 4.64. The van der Waals surface area contributed by atoms with E-state index in [0.717, 1.165) is 23.4 Å². The van der Waals surface area contributed by atoms with Crippen LogP contribution in [0.1, 0.15) is 34.4 Å². The van der Waals surface area contributed by atoms with Crippen molar-refractivity contribution in [1.82, 2.24) is 19.8 Å². The quantitative estimate of drug-likeness (QED) is 0.678. The van der Waals surface area contributed by atoms with Crippen LogP contribution < -0.4 is 0 Å². The molecule has 1 saturated heterocycles. The molecule has 1 N–H and O–H groups in total. The standard InChI is InChI=1S/C25H26N6O/c1-17-4-6-19(7-5-17)14-31-21(32)12-25(20-10-8-18(9-11-20)13-30(2)3)22-23(27-15-26-22)28-16-29-24(25)31/h4-11,15-16H,12-14H2,1-3H3,(H,26,27). The summed E-state index contributed by atoms with van der Waals surface area (Å²) in [5, 5.41) is 0. The van der Waals surface area contributed by atoms with Crippen LogP contribution in [0.25, 0.3) is 0 Å². The van der Waals surface area contributed by atoms with Gasteiger partial charge in [-0.15, -0.1) is 0 Å². The molecule has 2 aromatic carbocycles. The Labute approximate surface area is 187 Å². The second-order valence-electron chi connectivity index (χ2n) is 8.78. The maximum Gasteiger partial charge on any atom is 0.230 e. The van der Waals surface area contributed by atoms with Gasteiger partial charge in [-0.2, -0.15) is 0 Å². The number of hydrogen-bond donors (Lipinski definition) is 1. The molecule has 2 aliphatic heterocycles. The molecule has 7 heteroatoms. The third kappa shape index (κ3) is 3.35. The summed E-state index contributed by atoms with van der Waals surface area (Å²) in [7, 11) is 4.10. The minimum Gasteiger partial charge on any atom is -0.345 e. The normalized spacial score (nSPS) is 19.7. The third-order valence-electron chi connectivity index (χ3n) is 6.17. The Morgan fingerprint density at radius 3 is 2.50 bits per heavy atom. The molecule has 0 aliphatic carbocycles. The summed E-state index contributed by atoms with van der Waals surface area (Å²) < 4.78 is 0. The van der Waals surface area contributed by atoms with Crippen LogP contribution in [-0.4, -0.2) is 51.9 Å². The Morgan fingerprint density at radius 2 is 1.78 bits per heavy atom. The fraction of sp³-hybridized carbons (Fsp3) is 0.280. The highest BCUT2D eigenvalue weighted by Gasteiger charge is 2.54. The molecule has 32 heavy (non-hydrogen) atoms. The Hall–Kier alpha value is -3.58. The van der Waals surface area contributed by atoms with E-state index in [2.05, 4.69) is 89.4 Å². The first-order valence-corrected chi connectivity index (χ1v) is 10.7. The van der Waals surface area contributed by atoms with Crippen molar-refractivity contribution in [2.24, 2.45) is 9.98 Å². The van der Waals surface area contributed by atoms with Crippen LogP contribution in [0.15, 0.2) is 64.8 Å². The maximum atomic E-state index is 13.4. The molecule has 0 radical (unpaired) electrons. The van der Waals surface area contributed by atoms with Gasteiger partial charge in [0, 0.05) is 13.0 Å². The van der Waals surface area contributed by atoms with Gasteiger partial charge in [-0.1, -0.05) is 54.1 Å². The summed E-state index contributed by atoms with van der Waals surface area (Å²) in [4.78, 5) is 34.1. The number of nitrogens with zero attached hydrogens (tertiary/aromatic N) is 5. The van der Waals surface area contributed by atoms with Crippen LogP contribution in [0, 0.1) is 6.92 Å². The van der Waals surface area contributed by atoms with Crippen molar-refractivity contribution >= 4 is 23.9 Å². The number of hydrogen-bond acceptors (Lipinski definition) is 5. The summed E-state index contributed by atoms with van der Waals surface area (Å²) >= 11 is 0. The topological polar surface area (TPSA) is 77.0 Å². The number of rotatable bonds is 5. The van der Waals surface area contributed by atoms with Gasteiger partial charge in [-0.05, 0) is 37.7 Å². The highest BCUT2D eigenvalue weighted by atomic mass is 16.2. The molecule has 0 bridgehead atoms. The van der Waals surface area contributed by atoms with E-state index in [1.54, 1.807) is 11.2 Å². The number of amidine groups is 1. The van der Waals surface area contributed by atoms with Crippen molar-refractivity contribution in [2.45, 2.75) is 31.8 Å². The van der Waals surface area contributed by atoms with E-state index >= 15 is 0 Å².